The van der Waals surface area contributed by atoms with Gasteiger partial charge in [0.15, 0.2) is 0 Å². The number of hydrogen-bond donors (Lipinski definition) is 1. The molecule has 0 aliphatic carbocycles. The maximum atomic E-state index is 5.80. The van der Waals surface area contributed by atoms with Crippen molar-refractivity contribution in [2.75, 3.05) is 105 Å². The van der Waals surface area contributed by atoms with Gasteiger partial charge < -0.3 is 43.6 Å². The minimum absolute atomic E-state index is 0.449. The molecule has 0 unspecified atom stereocenters. The van der Waals surface area contributed by atoms with E-state index in [0.717, 1.165) is 13.0 Å². The number of nitrogens with two attached hydrogens (primary N) is 1. The smallest absolute Gasteiger partial charge is 0.142 e. The first kappa shape index (κ1) is 30.6. The van der Waals surface area contributed by atoms with E-state index in [4.69, 9.17) is 43.6 Å². The Morgan fingerprint density at radius 3 is 1.29 bits per heavy atom. The van der Waals surface area contributed by atoms with Crippen LogP contribution < -0.4 is 10.5 Å². The largest absolute Gasteiger partial charge is 0.489 e. The summed E-state index contributed by atoms with van der Waals surface area (Å²) in [5, 5.41) is 0. The molecule has 0 saturated heterocycles. The fraction of sp³-hybridized carbons (Fsp3) is 0.760. The van der Waals surface area contributed by atoms with Gasteiger partial charge in [0.2, 0.25) is 0 Å². The molecule has 1 aromatic rings. The maximum absolute atomic E-state index is 5.80. The predicted octanol–water partition coefficient (Wildman–Crippen LogP) is 2.95. The molecule has 1 rings (SSSR count). The SMILES string of the molecule is CCCCCOCCOCCOCCOCCOCCOCCOCCOc1ccccc1N. The van der Waals surface area contributed by atoms with Crippen molar-refractivity contribution < 1.29 is 37.9 Å². The highest BCUT2D eigenvalue weighted by Crippen LogP contribution is 2.19. The van der Waals surface area contributed by atoms with E-state index in [2.05, 4.69) is 6.92 Å². The molecule has 34 heavy (non-hydrogen) atoms. The molecule has 0 saturated carbocycles. The van der Waals surface area contributed by atoms with E-state index in [9.17, 15) is 0 Å². The first-order valence-electron chi connectivity index (χ1n) is 12.4. The third-order valence-corrected chi connectivity index (χ3v) is 4.53. The summed E-state index contributed by atoms with van der Waals surface area (Å²) in [7, 11) is 0. The lowest BCUT2D eigenvalue weighted by atomic mass is 10.3. The van der Waals surface area contributed by atoms with E-state index in [-0.39, 0.29) is 0 Å². The minimum Gasteiger partial charge on any atom is -0.489 e. The summed E-state index contributed by atoms with van der Waals surface area (Å²) in [6.07, 6.45) is 3.56. The van der Waals surface area contributed by atoms with Crippen molar-refractivity contribution >= 4 is 5.69 Å². The molecule has 0 heterocycles. The second-order valence-electron chi connectivity index (χ2n) is 7.38. The van der Waals surface area contributed by atoms with Gasteiger partial charge >= 0.3 is 0 Å². The Balaban J connectivity index is 1.67. The van der Waals surface area contributed by atoms with Crippen LogP contribution in [0.1, 0.15) is 26.2 Å². The number of nitrogen functional groups attached to an aromatic ring is 1. The number of unbranched alkanes of at least 4 members (excludes halogenated alkanes) is 2. The summed E-state index contributed by atoms with van der Waals surface area (Å²) in [6, 6.07) is 7.40. The monoisotopic (exact) mass is 487 g/mol. The van der Waals surface area contributed by atoms with Gasteiger partial charge in [-0.2, -0.15) is 0 Å². The van der Waals surface area contributed by atoms with Crippen molar-refractivity contribution in [3.05, 3.63) is 24.3 Å². The van der Waals surface area contributed by atoms with Crippen LogP contribution >= 0.6 is 0 Å². The van der Waals surface area contributed by atoms with Gasteiger partial charge in [-0.05, 0) is 18.6 Å². The number of para-hydroxylation sites is 2. The molecule has 2 N–H and O–H groups in total. The molecule has 0 radical (unpaired) electrons. The average Bonchev–Trinajstić information content (AvgIpc) is 2.85. The summed E-state index contributed by atoms with van der Waals surface area (Å²) in [5.74, 6) is 0.676. The van der Waals surface area contributed by atoms with Gasteiger partial charge in [-0.15, -0.1) is 0 Å². The minimum atomic E-state index is 0.449. The van der Waals surface area contributed by atoms with E-state index in [1.807, 2.05) is 18.2 Å². The molecule has 0 bridgehead atoms. The molecule has 0 spiro atoms. The van der Waals surface area contributed by atoms with Gasteiger partial charge in [-0.3, -0.25) is 0 Å². The van der Waals surface area contributed by atoms with Crippen LogP contribution in [0.5, 0.6) is 5.75 Å². The molecule has 0 aliphatic rings. The summed E-state index contributed by atoms with van der Waals surface area (Å²) < 4.78 is 43.7. The standard InChI is InChI=1S/C25H45NO8/c1-2-3-6-9-27-10-11-28-12-13-29-14-15-30-16-17-31-18-19-32-20-21-33-22-23-34-25-8-5-4-7-24(25)26/h4-5,7-8H,2-3,6,9-23,26H2,1H3. The highest BCUT2D eigenvalue weighted by Gasteiger charge is 1.98. The lowest BCUT2D eigenvalue weighted by molar-refractivity contribution is -0.0212. The van der Waals surface area contributed by atoms with Crippen molar-refractivity contribution in [3.63, 3.8) is 0 Å². The molecule has 0 aromatic heterocycles. The Morgan fingerprint density at radius 1 is 0.500 bits per heavy atom. The van der Waals surface area contributed by atoms with Crippen LogP contribution in [-0.4, -0.2) is 99.1 Å². The Morgan fingerprint density at radius 2 is 0.882 bits per heavy atom. The van der Waals surface area contributed by atoms with Gasteiger partial charge in [0, 0.05) is 6.61 Å². The second-order valence-corrected chi connectivity index (χ2v) is 7.38. The van der Waals surface area contributed by atoms with Gasteiger partial charge in [0.05, 0.1) is 91.6 Å². The Hall–Kier alpha value is -1.46. The molecule has 0 atom stereocenters. The number of ether oxygens (including phenoxy) is 8. The topological polar surface area (TPSA) is 99.9 Å². The number of anilines is 1. The third-order valence-electron chi connectivity index (χ3n) is 4.53. The lowest BCUT2D eigenvalue weighted by Crippen LogP contribution is -2.15. The average molecular weight is 488 g/mol. The van der Waals surface area contributed by atoms with Gasteiger partial charge in [0.1, 0.15) is 12.4 Å². The van der Waals surface area contributed by atoms with Crippen molar-refractivity contribution in [2.24, 2.45) is 0 Å². The number of benzene rings is 1. The van der Waals surface area contributed by atoms with Crippen molar-refractivity contribution in [1.29, 1.82) is 0 Å². The zero-order chi connectivity index (χ0) is 24.4. The molecule has 0 fully saturated rings. The molecule has 0 aliphatic heterocycles. The lowest BCUT2D eigenvalue weighted by Gasteiger charge is -2.09. The van der Waals surface area contributed by atoms with Crippen LogP contribution in [0.4, 0.5) is 5.69 Å². The zero-order valence-corrected chi connectivity index (χ0v) is 20.9. The Kier molecular flexibility index (Phi) is 22.2. The molecule has 0 amide bonds. The highest BCUT2D eigenvalue weighted by molar-refractivity contribution is 5.51. The van der Waals surface area contributed by atoms with E-state index in [0.29, 0.717) is 104 Å². The van der Waals surface area contributed by atoms with Crippen LogP contribution in [0.3, 0.4) is 0 Å². The van der Waals surface area contributed by atoms with Crippen molar-refractivity contribution in [2.45, 2.75) is 26.2 Å². The Bertz CT molecular complexity index is 549. The highest BCUT2D eigenvalue weighted by atomic mass is 16.6. The van der Waals surface area contributed by atoms with E-state index in [1.54, 1.807) is 6.07 Å². The quantitative estimate of drug-likeness (QED) is 0.156. The summed E-state index contributed by atoms with van der Waals surface area (Å²) in [6.45, 7) is 10.5. The van der Waals surface area contributed by atoms with E-state index < -0.39 is 0 Å². The zero-order valence-electron chi connectivity index (χ0n) is 20.9. The molecular formula is C25H45NO8. The maximum Gasteiger partial charge on any atom is 0.142 e. The summed E-state index contributed by atoms with van der Waals surface area (Å²) in [5.41, 5.74) is 6.43. The third kappa shape index (κ3) is 20.0. The van der Waals surface area contributed by atoms with Crippen LogP contribution in [-0.2, 0) is 33.2 Å². The predicted molar refractivity (Wildman–Crippen MR) is 132 cm³/mol. The Labute approximate surface area is 205 Å². The normalized spacial score (nSPS) is 11.2. The van der Waals surface area contributed by atoms with Crippen LogP contribution in [0.15, 0.2) is 24.3 Å². The molecular weight excluding hydrogens is 442 g/mol. The summed E-state index contributed by atoms with van der Waals surface area (Å²) in [4.78, 5) is 0. The van der Waals surface area contributed by atoms with Crippen LogP contribution in [0, 0.1) is 0 Å². The molecule has 198 valence electrons. The van der Waals surface area contributed by atoms with Gasteiger partial charge in [0.25, 0.3) is 0 Å². The summed E-state index contributed by atoms with van der Waals surface area (Å²) >= 11 is 0. The van der Waals surface area contributed by atoms with E-state index >= 15 is 0 Å². The van der Waals surface area contributed by atoms with Crippen molar-refractivity contribution in [1.82, 2.24) is 0 Å². The molecule has 1 aromatic carbocycles. The van der Waals surface area contributed by atoms with Gasteiger partial charge in [-0.25, -0.2) is 0 Å². The number of hydrogen-bond acceptors (Lipinski definition) is 9. The number of rotatable bonds is 26. The molecule has 9 heteroatoms. The first-order chi connectivity index (χ1) is 16.8. The van der Waals surface area contributed by atoms with E-state index in [1.165, 1.54) is 12.8 Å². The van der Waals surface area contributed by atoms with Crippen molar-refractivity contribution in [3.8, 4) is 5.75 Å². The fourth-order valence-electron chi connectivity index (χ4n) is 2.70. The van der Waals surface area contributed by atoms with Gasteiger partial charge in [-0.1, -0.05) is 31.9 Å². The first-order valence-corrected chi connectivity index (χ1v) is 12.4. The second kappa shape index (κ2) is 24.7. The van der Waals surface area contributed by atoms with Crippen LogP contribution in [0.25, 0.3) is 0 Å². The fourth-order valence-corrected chi connectivity index (χ4v) is 2.70. The molecule has 9 nitrogen and oxygen atoms in total. The van der Waals surface area contributed by atoms with Crippen LogP contribution in [0.2, 0.25) is 0 Å².